The molecule has 120 valence electrons. The number of nitrogens with zero attached hydrogens (tertiary/aromatic N) is 2. The van der Waals surface area contributed by atoms with Gasteiger partial charge in [0, 0.05) is 35.6 Å². The maximum absolute atomic E-state index is 11.9. The third kappa shape index (κ3) is 4.31. The molecule has 0 unspecified atom stereocenters. The SMILES string of the molecule is CN1CCc2nc(NC(=O)N/C=C/c3ccc(Cl)cc3)sc2C1. The van der Waals surface area contributed by atoms with Crippen molar-refractivity contribution in [2.75, 3.05) is 18.9 Å². The lowest BCUT2D eigenvalue weighted by Gasteiger charge is -2.20. The summed E-state index contributed by atoms with van der Waals surface area (Å²) >= 11 is 7.36. The van der Waals surface area contributed by atoms with Gasteiger partial charge in [-0.05, 0) is 30.8 Å². The van der Waals surface area contributed by atoms with E-state index < -0.39 is 0 Å². The Labute approximate surface area is 144 Å². The molecule has 1 aromatic heterocycles. The highest BCUT2D eigenvalue weighted by Crippen LogP contribution is 2.27. The molecule has 0 saturated carbocycles. The van der Waals surface area contributed by atoms with Crippen LogP contribution in [0.15, 0.2) is 30.5 Å². The van der Waals surface area contributed by atoms with Crippen molar-refractivity contribution in [3.63, 3.8) is 0 Å². The molecule has 2 heterocycles. The first-order valence-electron chi connectivity index (χ1n) is 7.27. The van der Waals surface area contributed by atoms with Gasteiger partial charge in [-0.25, -0.2) is 9.78 Å². The fourth-order valence-corrected chi connectivity index (χ4v) is 3.51. The summed E-state index contributed by atoms with van der Waals surface area (Å²) in [6, 6.07) is 7.07. The number of nitrogens with one attached hydrogen (secondary N) is 2. The zero-order valence-corrected chi connectivity index (χ0v) is 14.2. The number of amides is 2. The summed E-state index contributed by atoms with van der Waals surface area (Å²) in [5, 5.41) is 6.78. The molecule has 1 aliphatic rings. The molecular formula is C16H17ClN4OS. The number of carbonyl (C=O) groups is 1. The average molecular weight is 349 g/mol. The van der Waals surface area contributed by atoms with E-state index in [9.17, 15) is 4.79 Å². The maximum Gasteiger partial charge on any atom is 0.325 e. The highest BCUT2D eigenvalue weighted by Gasteiger charge is 2.18. The fraction of sp³-hybridized carbons (Fsp3) is 0.250. The summed E-state index contributed by atoms with van der Waals surface area (Å²) in [5.74, 6) is 0. The molecule has 3 rings (SSSR count). The van der Waals surface area contributed by atoms with Crippen LogP contribution in [-0.4, -0.2) is 29.5 Å². The minimum Gasteiger partial charge on any atom is -0.314 e. The van der Waals surface area contributed by atoms with E-state index in [1.807, 2.05) is 12.1 Å². The van der Waals surface area contributed by atoms with Gasteiger partial charge in [0.05, 0.1) is 5.69 Å². The number of rotatable bonds is 3. The summed E-state index contributed by atoms with van der Waals surface area (Å²) in [6.07, 6.45) is 4.33. The number of halogens is 1. The Morgan fingerprint density at radius 2 is 2.17 bits per heavy atom. The molecule has 7 heteroatoms. The zero-order valence-electron chi connectivity index (χ0n) is 12.7. The smallest absolute Gasteiger partial charge is 0.314 e. The van der Waals surface area contributed by atoms with Gasteiger partial charge in [-0.15, -0.1) is 11.3 Å². The van der Waals surface area contributed by atoms with E-state index in [1.165, 1.54) is 16.2 Å². The van der Waals surface area contributed by atoms with Gasteiger partial charge in [0.2, 0.25) is 0 Å². The normalized spacial score (nSPS) is 14.7. The zero-order chi connectivity index (χ0) is 16.2. The highest BCUT2D eigenvalue weighted by atomic mass is 35.5. The molecule has 2 amide bonds. The quantitative estimate of drug-likeness (QED) is 0.891. The summed E-state index contributed by atoms with van der Waals surface area (Å²) in [4.78, 5) is 19.9. The van der Waals surface area contributed by atoms with E-state index in [-0.39, 0.29) is 6.03 Å². The number of urea groups is 1. The number of thiazole rings is 1. The van der Waals surface area contributed by atoms with Gasteiger partial charge < -0.3 is 10.2 Å². The molecule has 0 spiro atoms. The molecule has 5 nitrogen and oxygen atoms in total. The average Bonchev–Trinajstić information content (AvgIpc) is 2.90. The van der Waals surface area contributed by atoms with E-state index in [0.29, 0.717) is 10.2 Å². The van der Waals surface area contributed by atoms with Crippen LogP contribution in [0.4, 0.5) is 9.93 Å². The van der Waals surface area contributed by atoms with Gasteiger partial charge in [-0.2, -0.15) is 0 Å². The van der Waals surface area contributed by atoms with Gasteiger partial charge in [0.15, 0.2) is 5.13 Å². The standard InChI is InChI=1S/C16H17ClN4OS/c1-21-9-7-13-14(10-21)23-16(19-13)20-15(22)18-8-6-11-2-4-12(17)5-3-11/h2-6,8H,7,9-10H2,1H3,(H2,18,19,20,22)/b8-6+. The van der Waals surface area contributed by atoms with Crippen molar-refractivity contribution >= 4 is 40.2 Å². The van der Waals surface area contributed by atoms with Crippen LogP contribution < -0.4 is 10.6 Å². The third-order valence-electron chi connectivity index (χ3n) is 3.50. The maximum atomic E-state index is 11.9. The Balaban J connectivity index is 1.54. The van der Waals surface area contributed by atoms with Crippen molar-refractivity contribution in [3.05, 3.63) is 51.6 Å². The predicted molar refractivity (Wildman–Crippen MR) is 94.8 cm³/mol. The van der Waals surface area contributed by atoms with Crippen molar-refractivity contribution < 1.29 is 4.79 Å². The predicted octanol–water partition coefficient (Wildman–Crippen LogP) is 3.58. The van der Waals surface area contributed by atoms with Gasteiger partial charge >= 0.3 is 6.03 Å². The number of hydrogen-bond acceptors (Lipinski definition) is 4. The van der Waals surface area contributed by atoms with Crippen LogP contribution >= 0.6 is 22.9 Å². The number of aromatic nitrogens is 1. The van der Waals surface area contributed by atoms with Crippen LogP contribution in [-0.2, 0) is 13.0 Å². The highest BCUT2D eigenvalue weighted by molar-refractivity contribution is 7.15. The number of anilines is 1. The molecule has 0 bridgehead atoms. The van der Waals surface area contributed by atoms with Crippen LogP contribution in [0.1, 0.15) is 16.1 Å². The van der Waals surface area contributed by atoms with E-state index in [0.717, 1.165) is 30.8 Å². The Kier molecular flexibility index (Phi) is 4.95. The number of carbonyl (C=O) groups excluding carboxylic acids is 1. The lowest BCUT2D eigenvalue weighted by molar-refractivity contribution is 0.255. The Hall–Kier alpha value is -1.89. The molecule has 0 atom stereocenters. The second kappa shape index (κ2) is 7.12. The third-order valence-corrected chi connectivity index (χ3v) is 4.75. The minimum atomic E-state index is -0.297. The lowest BCUT2D eigenvalue weighted by atomic mass is 10.2. The van der Waals surface area contributed by atoms with Crippen molar-refractivity contribution in [2.45, 2.75) is 13.0 Å². The van der Waals surface area contributed by atoms with Gasteiger partial charge in [-0.1, -0.05) is 23.7 Å². The number of likely N-dealkylation sites (N-methyl/N-ethyl adjacent to an activating group) is 1. The van der Waals surface area contributed by atoms with E-state index in [1.54, 1.807) is 24.4 Å². The molecular weight excluding hydrogens is 332 g/mol. The first kappa shape index (κ1) is 16.0. The topological polar surface area (TPSA) is 57.3 Å². The van der Waals surface area contributed by atoms with Crippen molar-refractivity contribution in [3.8, 4) is 0 Å². The Morgan fingerprint density at radius 3 is 2.96 bits per heavy atom. The van der Waals surface area contributed by atoms with E-state index in [2.05, 4.69) is 27.6 Å². The van der Waals surface area contributed by atoms with Crippen LogP contribution in [0.5, 0.6) is 0 Å². The largest absolute Gasteiger partial charge is 0.325 e. The molecule has 0 aliphatic carbocycles. The van der Waals surface area contributed by atoms with Gasteiger partial charge in [0.1, 0.15) is 0 Å². The van der Waals surface area contributed by atoms with E-state index in [4.69, 9.17) is 11.6 Å². The fourth-order valence-electron chi connectivity index (χ4n) is 2.30. The molecule has 23 heavy (non-hydrogen) atoms. The summed E-state index contributed by atoms with van der Waals surface area (Å²) in [5.41, 5.74) is 2.06. The number of benzene rings is 1. The molecule has 0 radical (unpaired) electrons. The number of hydrogen-bond donors (Lipinski definition) is 2. The minimum absolute atomic E-state index is 0.297. The summed E-state index contributed by atoms with van der Waals surface area (Å²) in [7, 11) is 2.09. The molecule has 1 aromatic carbocycles. The molecule has 0 saturated heterocycles. The number of fused-ring (bicyclic) bond motifs is 1. The monoisotopic (exact) mass is 348 g/mol. The van der Waals surface area contributed by atoms with Crippen molar-refractivity contribution in [1.29, 1.82) is 0 Å². The van der Waals surface area contributed by atoms with Gasteiger partial charge in [-0.3, -0.25) is 5.32 Å². The van der Waals surface area contributed by atoms with Crippen molar-refractivity contribution in [1.82, 2.24) is 15.2 Å². The lowest BCUT2D eigenvalue weighted by Crippen LogP contribution is -2.25. The summed E-state index contributed by atoms with van der Waals surface area (Å²) in [6.45, 7) is 1.90. The summed E-state index contributed by atoms with van der Waals surface area (Å²) < 4.78 is 0. The Morgan fingerprint density at radius 1 is 1.39 bits per heavy atom. The van der Waals surface area contributed by atoms with Crippen molar-refractivity contribution in [2.24, 2.45) is 0 Å². The molecule has 2 N–H and O–H groups in total. The van der Waals surface area contributed by atoms with Crippen LogP contribution in [0.2, 0.25) is 5.02 Å². The molecule has 2 aromatic rings. The molecule has 0 fully saturated rings. The first-order valence-corrected chi connectivity index (χ1v) is 8.46. The van der Waals surface area contributed by atoms with Gasteiger partial charge in [0.25, 0.3) is 0 Å². The van der Waals surface area contributed by atoms with Crippen LogP contribution in [0, 0.1) is 0 Å². The second-order valence-electron chi connectivity index (χ2n) is 5.36. The molecule has 1 aliphatic heterocycles. The second-order valence-corrected chi connectivity index (χ2v) is 6.88. The Bertz CT molecular complexity index is 726. The van der Waals surface area contributed by atoms with Crippen LogP contribution in [0.3, 0.4) is 0 Å². The van der Waals surface area contributed by atoms with Crippen LogP contribution in [0.25, 0.3) is 6.08 Å². The first-order chi connectivity index (χ1) is 11.1. The van der Waals surface area contributed by atoms with E-state index >= 15 is 0 Å².